The van der Waals surface area contributed by atoms with Crippen molar-refractivity contribution in [3.63, 3.8) is 0 Å². The number of nitrogens with zero attached hydrogens (tertiary/aromatic N) is 4. The van der Waals surface area contributed by atoms with Gasteiger partial charge in [-0.1, -0.05) is 0 Å². The van der Waals surface area contributed by atoms with E-state index in [2.05, 4.69) is 20.3 Å². The summed E-state index contributed by atoms with van der Waals surface area (Å²) >= 11 is 0. The minimum absolute atomic E-state index is 0.153. The molecule has 3 aromatic heterocycles. The highest BCUT2D eigenvalue weighted by atomic mass is 19.4. The number of halogens is 5. The monoisotopic (exact) mass is 369 g/mol. The fourth-order valence-electron chi connectivity index (χ4n) is 2.29. The third kappa shape index (κ3) is 3.63. The van der Waals surface area contributed by atoms with Gasteiger partial charge in [0.1, 0.15) is 23.3 Å². The van der Waals surface area contributed by atoms with E-state index in [1.165, 1.54) is 29.8 Å². The van der Waals surface area contributed by atoms with Crippen LogP contribution in [0.5, 0.6) is 0 Å². The van der Waals surface area contributed by atoms with Gasteiger partial charge in [-0.2, -0.15) is 13.2 Å². The third-order valence-corrected chi connectivity index (χ3v) is 3.60. The first-order valence-electron chi connectivity index (χ1n) is 7.37. The summed E-state index contributed by atoms with van der Waals surface area (Å²) in [6.45, 7) is 1.28. The lowest BCUT2D eigenvalue weighted by Gasteiger charge is -2.09. The van der Waals surface area contributed by atoms with Crippen LogP contribution in [0.4, 0.5) is 27.8 Å². The van der Waals surface area contributed by atoms with Crippen LogP contribution in [0.3, 0.4) is 0 Å². The quantitative estimate of drug-likeness (QED) is 0.709. The second-order valence-corrected chi connectivity index (χ2v) is 5.38. The van der Waals surface area contributed by atoms with Crippen LogP contribution in [-0.4, -0.2) is 19.5 Å². The summed E-state index contributed by atoms with van der Waals surface area (Å²) in [5.41, 5.74) is -0.815. The molecule has 0 atom stereocenters. The predicted octanol–water partition coefficient (Wildman–Crippen LogP) is 3.88. The van der Waals surface area contributed by atoms with Crippen molar-refractivity contribution >= 4 is 5.82 Å². The van der Waals surface area contributed by atoms with E-state index < -0.39 is 23.5 Å². The van der Waals surface area contributed by atoms with Crippen molar-refractivity contribution < 1.29 is 22.0 Å². The van der Waals surface area contributed by atoms with Crippen molar-refractivity contribution in [1.29, 1.82) is 0 Å². The summed E-state index contributed by atoms with van der Waals surface area (Å²) < 4.78 is 66.4. The van der Waals surface area contributed by atoms with Gasteiger partial charge in [0.25, 0.3) is 0 Å². The van der Waals surface area contributed by atoms with Crippen molar-refractivity contribution in [2.24, 2.45) is 0 Å². The highest BCUT2D eigenvalue weighted by molar-refractivity contribution is 5.42. The van der Waals surface area contributed by atoms with E-state index in [1.54, 1.807) is 0 Å². The van der Waals surface area contributed by atoms with E-state index in [9.17, 15) is 22.0 Å². The lowest BCUT2D eigenvalue weighted by molar-refractivity contribution is -0.141. The molecule has 0 fully saturated rings. The molecule has 5 nitrogen and oxygen atoms in total. The van der Waals surface area contributed by atoms with Gasteiger partial charge in [-0.05, 0) is 19.1 Å². The first-order chi connectivity index (χ1) is 12.3. The Morgan fingerprint density at radius 3 is 2.31 bits per heavy atom. The zero-order valence-corrected chi connectivity index (χ0v) is 13.3. The van der Waals surface area contributed by atoms with Gasteiger partial charge in [0.05, 0.1) is 24.3 Å². The number of hydrogen-bond donors (Lipinski definition) is 1. The molecule has 10 heteroatoms. The second kappa shape index (κ2) is 6.70. The van der Waals surface area contributed by atoms with Gasteiger partial charge in [0, 0.05) is 18.3 Å². The molecule has 0 amide bonds. The molecular formula is C16H12F5N5. The zero-order valence-electron chi connectivity index (χ0n) is 13.3. The molecule has 1 N–H and O–H groups in total. The number of aromatic nitrogens is 4. The Labute approximate surface area is 144 Å². The van der Waals surface area contributed by atoms with Gasteiger partial charge >= 0.3 is 6.18 Å². The van der Waals surface area contributed by atoms with Gasteiger partial charge in [-0.15, -0.1) is 0 Å². The molecule has 0 unspecified atom stereocenters. The van der Waals surface area contributed by atoms with Gasteiger partial charge < -0.3 is 9.88 Å². The summed E-state index contributed by atoms with van der Waals surface area (Å²) in [5, 5.41) is 2.74. The standard InChI is InChI=1S/C16H12F5N5/c1-9-25-14(16(19,20)21)8-26(9)10-2-3-15(23-4-10)24-5-11-12(17)6-22-7-13(11)18/h2-4,6-8H,5H2,1H3,(H,23,24). The number of aryl methyl sites for hydroxylation is 1. The number of rotatable bonds is 4. The van der Waals surface area contributed by atoms with Crippen LogP contribution in [0.1, 0.15) is 17.1 Å². The van der Waals surface area contributed by atoms with Gasteiger partial charge in [0.15, 0.2) is 5.69 Å². The van der Waals surface area contributed by atoms with Crippen molar-refractivity contribution in [2.75, 3.05) is 5.32 Å². The maximum Gasteiger partial charge on any atom is 0.434 e. The molecule has 0 radical (unpaired) electrons. The molecule has 0 bridgehead atoms. The molecule has 0 aliphatic carbocycles. The Morgan fingerprint density at radius 1 is 1.08 bits per heavy atom. The molecule has 26 heavy (non-hydrogen) atoms. The lowest BCUT2D eigenvalue weighted by Crippen LogP contribution is -2.07. The Kier molecular flexibility index (Phi) is 4.58. The van der Waals surface area contributed by atoms with E-state index in [1.807, 2.05) is 0 Å². The number of anilines is 1. The molecule has 3 heterocycles. The van der Waals surface area contributed by atoms with E-state index in [0.29, 0.717) is 11.5 Å². The first-order valence-corrected chi connectivity index (χ1v) is 7.37. The van der Waals surface area contributed by atoms with Gasteiger partial charge in [0.2, 0.25) is 0 Å². The average Bonchev–Trinajstić information content (AvgIpc) is 2.97. The SMILES string of the molecule is Cc1nc(C(F)(F)F)cn1-c1ccc(NCc2c(F)cncc2F)nc1. The minimum atomic E-state index is -4.54. The highest BCUT2D eigenvalue weighted by Crippen LogP contribution is 2.29. The number of nitrogens with one attached hydrogen (secondary N) is 1. The van der Waals surface area contributed by atoms with Crippen molar-refractivity contribution in [3.05, 3.63) is 65.6 Å². The first kappa shape index (κ1) is 17.8. The Morgan fingerprint density at radius 2 is 1.77 bits per heavy atom. The topological polar surface area (TPSA) is 55.6 Å². The molecule has 0 aliphatic heterocycles. The fourth-order valence-corrected chi connectivity index (χ4v) is 2.29. The van der Waals surface area contributed by atoms with Crippen molar-refractivity contribution in [1.82, 2.24) is 19.5 Å². The third-order valence-electron chi connectivity index (χ3n) is 3.60. The highest BCUT2D eigenvalue weighted by Gasteiger charge is 2.34. The summed E-state index contributed by atoms with van der Waals surface area (Å²) in [6.07, 6.45) is -0.533. The maximum atomic E-state index is 13.5. The van der Waals surface area contributed by atoms with E-state index >= 15 is 0 Å². The molecule has 0 aromatic carbocycles. The summed E-state index contributed by atoms with van der Waals surface area (Å²) in [7, 11) is 0. The van der Waals surface area contributed by atoms with Crippen LogP contribution >= 0.6 is 0 Å². The molecule has 3 rings (SSSR count). The smallest absolute Gasteiger partial charge is 0.366 e. The summed E-state index contributed by atoms with van der Waals surface area (Å²) in [5.74, 6) is -1.12. The lowest BCUT2D eigenvalue weighted by atomic mass is 10.2. The van der Waals surface area contributed by atoms with E-state index in [4.69, 9.17) is 0 Å². The number of hydrogen-bond acceptors (Lipinski definition) is 4. The molecule has 0 saturated carbocycles. The van der Waals surface area contributed by atoms with Crippen LogP contribution in [0, 0.1) is 18.6 Å². The number of imidazole rings is 1. The molecule has 0 aliphatic rings. The van der Waals surface area contributed by atoms with Crippen molar-refractivity contribution in [2.45, 2.75) is 19.6 Å². The van der Waals surface area contributed by atoms with Gasteiger partial charge in [-0.25, -0.2) is 18.7 Å². The average molecular weight is 369 g/mol. The largest absolute Gasteiger partial charge is 0.434 e. The Bertz CT molecular complexity index is 898. The van der Waals surface area contributed by atoms with Crippen LogP contribution < -0.4 is 5.32 Å². The molecular weight excluding hydrogens is 357 g/mol. The van der Waals surface area contributed by atoms with Crippen LogP contribution in [0.25, 0.3) is 5.69 Å². The van der Waals surface area contributed by atoms with Crippen LogP contribution in [0.15, 0.2) is 36.9 Å². The number of alkyl halides is 3. The molecule has 0 saturated heterocycles. The normalized spacial score (nSPS) is 11.6. The number of pyridine rings is 2. The van der Waals surface area contributed by atoms with Crippen LogP contribution in [0.2, 0.25) is 0 Å². The fraction of sp³-hybridized carbons (Fsp3) is 0.188. The van der Waals surface area contributed by atoms with Crippen molar-refractivity contribution in [3.8, 4) is 5.69 Å². The predicted molar refractivity (Wildman–Crippen MR) is 82.6 cm³/mol. The second-order valence-electron chi connectivity index (χ2n) is 5.38. The molecule has 3 aromatic rings. The minimum Gasteiger partial charge on any atom is -0.366 e. The Hall–Kier alpha value is -3.04. The molecule has 0 spiro atoms. The Balaban J connectivity index is 1.76. The zero-order chi connectivity index (χ0) is 18.9. The molecule has 136 valence electrons. The van der Waals surface area contributed by atoms with E-state index in [-0.39, 0.29) is 17.9 Å². The van der Waals surface area contributed by atoms with E-state index in [0.717, 1.165) is 18.6 Å². The van der Waals surface area contributed by atoms with Gasteiger partial charge in [-0.3, -0.25) is 4.98 Å². The van der Waals surface area contributed by atoms with Crippen LogP contribution in [-0.2, 0) is 12.7 Å². The summed E-state index contributed by atoms with van der Waals surface area (Å²) in [6, 6.07) is 3.00. The summed E-state index contributed by atoms with van der Waals surface area (Å²) in [4.78, 5) is 10.9. The maximum absolute atomic E-state index is 13.5.